The third-order valence-electron chi connectivity index (χ3n) is 11.2. The van der Waals surface area contributed by atoms with Gasteiger partial charge in [-0.3, -0.25) is 0 Å². The Morgan fingerprint density at radius 2 is 0.694 bits per heavy atom. The fraction of sp³-hybridized carbons (Fsp3) is 0.0204. The van der Waals surface area contributed by atoms with Crippen LogP contribution in [0.2, 0.25) is 0 Å². The highest BCUT2D eigenvalue weighted by Gasteiger charge is 2.50. The lowest BCUT2D eigenvalue weighted by Crippen LogP contribution is -2.25. The Bertz CT molecular complexity index is 2700. The maximum atomic E-state index is 2.45. The van der Waals surface area contributed by atoms with Crippen molar-refractivity contribution in [3.63, 3.8) is 0 Å². The Hall–Kier alpha value is -6.24. The Labute approximate surface area is 285 Å². The van der Waals surface area contributed by atoms with Crippen LogP contribution in [-0.4, -0.2) is 0 Å². The smallest absolute Gasteiger partial charge is 0.0622 e. The van der Waals surface area contributed by atoms with Gasteiger partial charge in [0.2, 0.25) is 0 Å². The van der Waals surface area contributed by atoms with E-state index in [1.807, 2.05) is 0 Å². The molecule has 0 atom stereocenters. The monoisotopic (exact) mass is 618 g/mol. The van der Waals surface area contributed by atoms with Gasteiger partial charge < -0.3 is 0 Å². The summed E-state index contributed by atoms with van der Waals surface area (Å²) in [5.74, 6) is 0. The number of rotatable bonds is 3. The molecule has 1 spiro atoms. The molecule has 0 fully saturated rings. The van der Waals surface area contributed by atoms with Crippen molar-refractivity contribution in [1.82, 2.24) is 0 Å². The van der Waals surface area contributed by atoms with Gasteiger partial charge in [-0.25, -0.2) is 0 Å². The minimum atomic E-state index is -0.330. The molecule has 0 radical (unpaired) electrons. The standard InChI is InChI=1S/C49H30/c1-3-13-31(14-4-1)34-27-35(32-15-5-2-6-16-32)29-36(28-34)33-25-26-37-40-19-11-23-45-47(40)48-41(42(37)30-33)20-12-24-46(48)49(45)43-21-9-7-17-38(43)39-18-8-10-22-44(39)49/h1-30H. The summed E-state index contributed by atoms with van der Waals surface area (Å²) in [4.78, 5) is 0. The molecule has 9 aromatic rings. The average Bonchev–Trinajstić information content (AvgIpc) is 3.66. The molecule has 0 N–H and O–H groups in total. The Morgan fingerprint density at radius 1 is 0.245 bits per heavy atom. The van der Waals surface area contributed by atoms with E-state index in [2.05, 4.69) is 182 Å². The summed E-state index contributed by atoms with van der Waals surface area (Å²) in [6, 6.07) is 67.9. The van der Waals surface area contributed by atoms with Gasteiger partial charge in [-0.2, -0.15) is 0 Å². The van der Waals surface area contributed by atoms with Crippen LogP contribution in [0.4, 0.5) is 0 Å². The molecule has 9 aromatic carbocycles. The molecule has 0 saturated carbocycles. The van der Waals surface area contributed by atoms with Crippen molar-refractivity contribution in [3.8, 4) is 44.5 Å². The quantitative estimate of drug-likeness (QED) is 0.173. The number of hydrogen-bond acceptors (Lipinski definition) is 0. The molecule has 0 bridgehead atoms. The van der Waals surface area contributed by atoms with Gasteiger partial charge in [-0.1, -0.05) is 158 Å². The van der Waals surface area contributed by atoms with E-state index in [0.717, 1.165) is 0 Å². The van der Waals surface area contributed by atoms with Crippen molar-refractivity contribution in [3.05, 3.63) is 204 Å². The Kier molecular flexibility index (Phi) is 5.41. The zero-order chi connectivity index (χ0) is 32.1. The van der Waals surface area contributed by atoms with Crippen LogP contribution in [0.5, 0.6) is 0 Å². The fourth-order valence-electron chi connectivity index (χ4n) is 9.25. The largest absolute Gasteiger partial charge is 0.0725 e. The molecule has 11 rings (SSSR count). The first-order valence-electron chi connectivity index (χ1n) is 17.2. The molecule has 2 aliphatic carbocycles. The minimum Gasteiger partial charge on any atom is -0.0622 e. The van der Waals surface area contributed by atoms with Crippen molar-refractivity contribution >= 4 is 32.3 Å². The van der Waals surface area contributed by atoms with Crippen LogP contribution in [0, 0.1) is 0 Å². The summed E-state index contributed by atoms with van der Waals surface area (Å²) in [5.41, 5.74) is 15.3. The van der Waals surface area contributed by atoms with Crippen LogP contribution in [0.3, 0.4) is 0 Å². The number of hydrogen-bond donors (Lipinski definition) is 0. The van der Waals surface area contributed by atoms with Crippen molar-refractivity contribution < 1.29 is 0 Å². The van der Waals surface area contributed by atoms with E-state index >= 15 is 0 Å². The van der Waals surface area contributed by atoms with Crippen molar-refractivity contribution in [2.24, 2.45) is 0 Å². The topological polar surface area (TPSA) is 0 Å². The van der Waals surface area contributed by atoms with Gasteiger partial charge in [-0.15, -0.1) is 0 Å². The third-order valence-corrected chi connectivity index (χ3v) is 11.2. The first kappa shape index (κ1) is 26.8. The Morgan fingerprint density at radius 3 is 1.24 bits per heavy atom. The van der Waals surface area contributed by atoms with Gasteiger partial charge >= 0.3 is 0 Å². The van der Waals surface area contributed by atoms with Gasteiger partial charge in [0.25, 0.3) is 0 Å². The van der Waals surface area contributed by atoms with Crippen LogP contribution in [0.1, 0.15) is 22.3 Å². The highest BCUT2D eigenvalue weighted by molar-refractivity contribution is 6.30. The molecular formula is C49H30. The van der Waals surface area contributed by atoms with Crippen LogP contribution in [-0.2, 0) is 5.41 Å². The fourth-order valence-corrected chi connectivity index (χ4v) is 9.25. The van der Waals surface area contributed by atoms with E-state index in [9.17, 15) is 0 Å². The van der Waals surface area contributed by atoms with Gasteiger partial charge in [-0.05, 0) is 123 Å². The second-order valence-corrected chi connectivity index (χ2v) is 13.6. The molecule has 0 unspecified atom stereocenters. The summed E-state index contributed by atoms with van der Waals surface area (Å²) in [7, 11) is 0. The Balaban J connectivity index is 1.21. The van der Waals surface area contributed by atoms with Crippen molar-refractivity contribution in [2.45, 2.75) is 5.41 Å². The van der Waals surface area contributed by atoms with Crippen LogP contribution in [0.25, 0.3) is 76.8 Å². The molecule has 2 aliphatic rings. The third kappa shape index (κ3) is 3.53. The lowest BCUT2D eigenvalue weighted by Gasteiger charge is -2.30. The predicted molar refractivity (Wildman–Crippen MR) is 206 cm³/mol. The zero-order valence-corrected chi connectivity index (χ0v) is 26.8. The number of benzene rings is 9. The van der Waals surface area contributed by atoms with Crippen LogP contribution < -0.4 is 0 Å². The molecular weight excluding hydrogens is 589 g/mol. The second-order valence-electron chi connectivity index (χ2n) is 13.6. The number of fused-ring (bicyclic) bond motifs is 10. The molecule has 0 heteroatoms. The van der Waals surface area contributed by atoms with Gasteiger partial charge in [0.1, 0.15) is 0 Å². The average molecular weight is 619 g/mol. The van der Waals surface area contributed by atoms with Crippen molar-refractivity contribution in [2.75, 3.05) is 0 Å². The van der Waals surface area contributed by atoms with E-state index in [-0.39, 0.29) is 5.41 Å². The van der Waals surface area contributed by atoms with Crippen LogP contribution >= 0.6 is 0 Å². The second kappa shape index (κ2) is 9.89. The summed E-state index contributed by atoms with van der Waals surface area (Å²) in [6.45, 7) is 0. The normalized spacial score (nSPS) is 13.5. The highest BCUT2D eigenvalue weighted by Crippen LogP contribution is 2.63. The van der Waals surface area contributed by atoms with Gasteiger partial charge in [0.05, 0.1) is 5.41 Å². The maximum Gasteiger partial charge on any atom is 0.0725 e. The van der Waals surface area contributed by atoms with Gasteiger partial charge in [0, 0.05) is 0 Å². The maximum absolute atomic E-state index is 2.45. The summed E-state index contributed by atoms with van der Waals surface area (Å²) >= 11 is 0. The first-order chi connectivity index (χ1) is 24.3. The first-order valence-corrected chi connectivity index (χ1v) is 17.2. The van der Waals surface area contributed by atoms with E-state index in [4.69, 9.17) is 0 Å². The highest BCUT2D eigenvalue weighted by atomic mass is 14.5. The molecule has 0 amide bonds. The van der Waals surface area contributed by atoms with E-state index < -0.39 is 0 Å². The van der Waals surface area contributed by atoms with Gasteiger partial charge in [0.15, 0.2) is 0 Å². The zero-order valence-electron chi connectivity index (χ0n) is 26.8. The van der Waals surface area contributed by atoms with Crippen LogP contribution in [0.15, 0.2) is 182 Å². The van der Waals surface area contributed by atoms with E-state index in [0.29, 0.717) is 0 Å². The predicted octanol–water partition coefficient (Wildman–Crippen LogP) is 12.8. The molecule has 49 heavy (non-hydrogen) atoms. The van der Waals surface area contributed by atoms with E-state index in [1.165, 1.54) is 99.1 Å². The summed E-state index contributed by atoms with van der Waals surface area (Å²) in [6.07, 6.45) is 0. The summed E-state index contributed by atoms with van der Waals surface area (Å²) in [5, 5.41) is 8.08. The molecule has 226 valence electrons. The SMILES string of the molecule is c1ccc(-c2cc(-c3ccccc3)cc(-c3ccc4c(c3)c3cccc5c3c3c(cccc43)C53c4ccccc4-c4ccccc43)c2)cc1. The minimum absolute atomic E-state index is 0.330. The van der Waals surface area contributed by atoms with E-state index in [1.54, 1.807) is 0 Å². The molecule has 0 aliphatic heterocycles. The lowest BCUT2D eigenvalue weighted by molar-refractivity contribution is 0.797. The van der Waals surface area contributed by atoms with Crippen molar-refractivity contribution in [1.29, 1.82) is 0 Å². The molecule has 0 heterocycles. The molecule has 0 nitrogen and oxygen atoms in total. The summed E-state index contributed by atoms with van der Waals surface area (Å²) < 4.78 is 0. The lowest BCUT2D eigenvalue weighted by atomic mass is 9.70. The molecule has 0 aromatic heterocycles. The molecule has 0 saturated heterocycles.